The van der Waals surface area contributed by atoms with E-state index < -0.39 is 83.6 Å². The summed E-state index contributed by atoms with van der Waals surface area (Å²) in [6.07, 6.45) is 1.35. The summed E-state index contributed by atoms with van der Waals surface area (Å²) in [5.74, 6) is -5.74. The highest BCUT2D eigenvalue weighted by molar-refractivity contribution is 5.97. The lowest BCUT2D eigenvalue weighted by Crippen LogP contribution is -2.59. The number of hydrogen-bond donors (Lipinski definition) is 7. The molecule has 0 aromatic heterocycles. The molecule has 0 aliphatic carbocycles. The number of carboxylic acid groups (broad SMARTS) is 1. The van der Waals surface area contributed by atoms with Crippen LogP contribution in [0.4, 0.5) is 0 Å². The molecule has 3 fully saturated rings. The molecule has 18 nitrogen and oxygen atoms in total. The van der Waals surface area contributed by atoms with Crippen LogP contribution in [0.15, 0.2) is 24.3 Å². The van der Waals surface area contributed by atoms with Gasteiger partial charge in [0.2, 0.25) is 41.4 Å². The van der Waals surface area contributed by atoms with Gasteiger partial charge in [-0.15, -0.1) is 0 Å². The van der Waals surface area contributed by atoms with Crippen molar-refractivity contribution in [3.63, 3.8) is 0 Å². The molecule has 284 valence electrons. The third-order valence-corrected chi connectivity index (χ3v) is 9.80. The monoisotopic (exact) mass is 728 g/mol. The first-order valence-corrected chi connectivity index (χ1v) is 17.5. The van der Waals surface area contributed by atoms with E-state index in [0.29, 0.717) is 31.2 Å². The van der Waals surface area contributed by atoms with Crippen LogP contribution in [-0.2, 0) is 44.8 Å². The van der Waals surface area contributed by atoms with Crippen molar-refractivity contribution in [2.75, 3.05) is 19.6 Å². The highest BCUT2D eigenvalue weighted by atomic mass is 16.4. The minimum Gasteiger partial charge on any atom is -0.508 e. The van der Waals surface area contributed by atoms with Crippen molar-refractivity contribution >= 4 is 47.3 Å². The maximum atomic E-state index is 14.0. The van der Waals surface area contributed by atoms with Crippen molar-refractivity contribution in [3.05, 3.63) is 29.8 Å². The molecule has 1 aromatic rings. The Hall–Kier alpha value is -5.26. The summed E-state index contributed by atoms with van der Waals surface area (Å²) < 4.78 is 0. The van der Waals surface area contributed by atoms with E-state index in [1.54, 1.807) is 12.1 Å². The lowest BCUT2D eigenvalue weighted by atomic mass is 10.0. The summed E-state index contributed by atoms with van der Waals surface area (Å²) in [7, 11) is 0. The van der Waals surface area contributed by atoms with E-state index in [0.717, 1.165) is 4.90 Å². The van der Waals surface area contributed by atoms with Crippen LogP contribution in [0.1, 0.15) is 69.8 Å². The van der Waals surface area contributed by atoms with Gasteiger partial charge in [0.25, 0.3) is 0 Å². The van der Waals surface area contributed by atoms with Crippen LogP contribution in [-0.4, -0.2) is 128 Å². The first-order valence-electron chi connectivity index (χ1n) is 17.5. The van der Waals surface area contributed by atoms with Gasteiger partial charge in [-0.3, -0.25) is 33.6 Å². The molecule has 0 radical (unpaired) electrons. The molecule has 52 heavy (non-hydrogen) atoms. The molecule has 4 rings (SSSR count). The van der Waals surface area contributed by atoms with E-state index in [-0.39, 0.29) is 70.3 Å². The Morgan fingerprint density at radius 3 is 1.50 bits per heavy atom. The molecule has 0 spiro atoms. The molecule has 7 amide bonds. The summed E-state index contributed by atoms with van der Waals surface area (Å²) in [5.41, 5.74) is 17.6. The third-order valence-electron chi connectivity index (χ3n) is 9.80. The van der Waals surface area contributed by atoms with Crippen LogP contribution in [0, 0.1) is 0 Å². The van der Waals surface area contributed by atoms with Crippen molar-refractivity contribution in [3.8, 4) is 5.75 Å². The number of nitrogens with one attached hydrogen (secondary N) is 2. The number of amides is 7. The van der Waals surface area contributed by atoms with Crippen molar-refractivity contribution < 1.29 is 48.6 Å². The van der Waals surface area contributed by atoms with Gasteiger partial charge in [0.15, 0.2) is 0 Å². The van der Waals surface area contributed by atoms with Crippen molar-refractivity contribution in [1.29, 1.82) is 0 Å². The predicted molar refractivity (Wildman–Crippen MR) is 182 cm³/mol. The Kier molecular flexibility index (Phi) is 13.5. The highest BCUT2D eigenvalue weighted by Gasteiger charge is 2.43. The van der Waals surface area contributed by atoms with Gasteiger partial charge in [0, 0.05) is 32.5 Å². The first kappa shape index (κ1) is 39.5. The normalized spacial score (nSPS) is 21.6. The number of carboxylic acids is 1. The number of rotatable bonds is 16. The zero-order chi connectivity index (χ0) is 38.1. The molecular formula is C34H48N8O10. The number of hydrogen-bond acceptors (Lipinski definition) is 10. The van der Waals surface area contributed by atoms with Gasteiger partial charge in [-0.2, -0.15) is 0 Å². The number of aliphatic carboxylic acids is 1. The molecule has 3 aliphatic rings. The number of phenolic OH excluding ortho intramolecular Hbond substituents is 1. The quantitative estimate of drug-likeness (QED) is 0.0960. The number of benzene rings is 1. The molecule has 3 heterocycles. The Bertz CT molecular complexity index is 1540. The van der Waals surface area contributed by atoms with E-state index >= 15 is 0 Å². The molecule has 0 bridgehead atoms. The number of carbonyl (C=O) groups is 8. The van der Waals surface area contributed by atoms with Crippen LogP contribution in [0.25, 0.3) is 0 Å². The summed E-state index contributed by atoms with van der Waals surface area (Å²) in [6, 6.07) is -0.435. The van der Waals surface area contributed by atoms with Gasteiger partial charge in [-0.05, 0) is 75.5 Å². The van der Waals surface area contributed by atoms with Gasteiger partial charge < -0.3 is 52.7 Å². The average molecular weight is 729 g/mol. The highest BCUT2D eigenvalue weighted by Crippen LogP contribution is 2.24. The topological polar surface area (TPSA) is 289 Å². The maximum Gasteiger partial charge on any atom is 0.326 e. The van der Waals surface area contributed by atoms with E-state index in [1.165, 1.54) is 21.9 Å². The van der Waals surface area contributed by atoms with Gasteiger partial charge in [-0.25, -0.2) is 4.79 Å². The fraction of sp³-hybridized carbons (Fsp3) is 0.588. The minimum absolute atomic E-state index is 0.0638. The lowest BCUT2D eigenvalue weighted by molar-refractivity contribution is -0.150. The predicted octanol–water partition coefficient (Wildman–Crippen LogP) is -2.18. The second kappa shape index (κ2) is 17.8. The van der Waals surface area contributed by atoms with Gasteiger partial charge >= 0.3 is 5.97 Å². The fourth-order valence-corrected chi connectivity index (χ4v) is 7.10. The molecule has 3 saturated heterocycles. The molecule has 3 aliphatic heterocycles. The lowest BCUT2D eigenvalue weighted by Gasteiger charge is -2.32. The second-order valence-corrected chi connectivity index (χ2v) is 13.5. The van der Waals surface area contributed by atoms with Crippen molar-refractivity contribution in [2.24, 2.45) is 17.2 Å². The van der Waals surface area contributed by atoms with E-state index in [9.17, 15) is 48.6 Å². The Balaban J connectivity index is 1.46. The molecule has 6 atom stereocenters. The number of nitrogens with two attached hydrogens (primary N) is 3. The van der Waals surface area contributed by atoms with Crippen LogP contribution in [0.3, 0.4) is 0 Å². The summed E-state index contributed by atoms with van der Waals surface area (Å²) in [5, 5.41) is 24.4. The summed E-state index contributed by atoms with van der Waals surface area (Å²) in [6.45, 7) is 0.532. The molecule has 18 heteroatoms. The zero-order valence-electron chi connectivity index (χ0n) is 28.9. The molecule has 10 N–H and O–H groups in total. The second-order valence-electron chi connectivity index (χ2n) is 13.5. The Labute approximate surface area is 300 Å². The van der Waals surface area contributed by atoms with Crippen molar-refractivity contribution in [2.45, 2.75) is 107 Å². The first-order chi connectivity index (χ1) is 24.7. The average Bonchev–Trinajstić information content (AvgIpc) is 3.89. The number of primary amides is 2. The van der Waals surface area contributed by atoms with Gasteiger partial charge in [0.05, 0.1) is 6.04 Å². The van der Waals surface area contributed by atoms with Crippen LogP contribution >= 0.6 is 0 Å². The fourth-order valence-electron chi connectivity index (χ4n) is 7.10. The molecule has 1 aromatic carbocycles. The van der Waals surface area contributed by atoms with E-state index in [4.69, 9.17) is 17.2 Å². The number of likely N-dealkylation sites (tertiary alicyclic amines) is 3. The standard InChI is InChI=1S/C34H48N8O10/c35-21(18-19-7-9-20(43)10-8-19)31(48)40-15-1-4-24(40)29(46)38-22(11-13-27(36)44)32(49)41-16-2-5-25(41)30(47)39-23(12-14-28(37)45)33(50)42-17-3-6-26(42)34(51)52/h7-10,21-26,43H,1-6,11-18,35H2,(H2,36,44)(H2,37,45)(H,38,46)(H,39,47)(H,51,52). The summed E-state index contributed by atoms with van der Waals surface area (Å²) in [4.78, 5) is 107. The van der Waals surface area contributed by atoms with Crippen LogP contribution < -0.4 is 27.8 Å². The van der Waals surface area contributed by atoms with E-state index in [2.05, 4.69) is 10.6 Å². The smallest absolute Gasteiger partial charge is 0.326 e. The minimum atomic E-state index is -1.29. The Morgan fingerprint density at radius 1 is 0.673 bits per heavy atom. The van der Waals surface area contributed by atoms with Crippen LogP contribution in [0.2, 0.25) is 0 Å². The SMILES string of the molecule is NC(=O)CCC(NC(=O)C1CCCN1C(=O)C(CCC(N)=O)NC(=O)C1CCCN1C(=O)C(N)Cc1ccc(O)cc1)C(=O)N1CCCC1C(=O)O. The molecular weight excluding hydrogens is 680 g/mol. The molecule has 6 unspecified atom stereocenters. The van der Waals surface area contributed by atoms with Gasteiger partial charge in [0.1, 0.15) is 36.0 Å². The number of nitrogens with zero attached hydrogens (tertiary/aromatic N) is 3. The zero-order valence-corrected chi connectivity index (χ0v) is 28.9. The number of carbonyl (C=O) groups excluding carboxylic acids is 7. The largest absolute Gasteiger partial charge is 0.508 e. The van der Waals surface area contributed by atoms with Crippen LogP contribution in [0.5, 0.6) is 5.75 Å². The maximum absolute atomic E-state index is 14.0. The van der Waals surface area contributed by atoms with Gasteiger partial charge in [-0.1, -0.05) is 12.1 Å². The number of phenols is 1. The molecule has 0 saturated carbocycles. The summed E-state index contributed by atoms with van der Waals surface area (Å²) >= 11 is 0. The Morgan fingerprint density at radius 2 is 1.08 bits per heavy atom. The number of aromatic hydroxyl groups is 1. The van der Waals surface area contributed by atoms with E-state index in [1.807, 2.05) is 0 Å². The van der Waals surface area contributed by atoms with Crippen molar-refractivity contribution in [1.82, 2.24) is 25.3 Å². The third kappa shape index (κ3) is 9.95.